The number of likely N-dealkylation sites (N-methyl/N-ethyl adjacent to an activating group) is 1. The number of esters is 2. The van der Waals surface area contributed by atoms with E-state index in [0.717, 1.165) is 24.5 Å². The Morgan fingerprint density at radius 1 is 0.953 bits per heavy atom. The predicted octanol–water partition coefficient (Wildman–Crippen LogP) is 6.53. The van der Waals surface area contributed by atoms with Gasteiger partial charge in [-0.05, 0) is 56.3 Å². The van der Waals surface area contributed by atoms with Crippen LogP contribution in [0.1, 0.15) is 36.1 Å². The largest absolute Gasteiger partial charge is 0.673 e. The number of rotatable bonds is 10. The molecule has 9 nitrogen and oxygen atoms in total. The Labute approximate surface area is 248 Å². The molecule has 43 heavy (non-hydrogen) atoms. The summed E-state index contributed by atoms with van der Waals surface area (Å²) in [5, 5.41) is 9.24. The van der Waals surface area contributed by atoms with Crippen LogP contribution in [0.25, 0.3) is 0 Å². The topological polar surface area (TPSA) is 84.4 Å². The summed E-state index contributed by atoms with van der Waals surface area (Å²) < 4.78 is 91.1. The van der Waals surface area contributed by atoms with Gasteiger partial charge in [0.25, 0.3) is 0 Å². The minimum atomic E-state index is -6.00. The highest BCUT2D eigenvalue weighted by molar-refractivity contribution is 7.16. The lowest BCUT2D eigenvalue weighted by molar-refractivity contribution is -0.862. The van der Waals surface area contributed by atoms with E-state index in [1.807, 2.05) is 47.2 Å². The first-order valence-corrected chi connectivity index (χ1v) is 13.5. The number of anilines is 1. The molecule has 244 valence electrons. The first kappa shape index (κ1) is 39.7. The van der Waals surface area contributed by atoms with E-state index >= 15 is 0 Å². The van der Waals surface area contributed by atoms with E-state index in [1.54, 1.807) is 17.6 Å². The number of thiazole rings is 1. The van der Waals surface area contributed by atoms with E-state index in [0.29, 0.717) is 32.5 Å². The Morgan fingerprint density at radius 2 is 1.47 bits per heavy atom. The van der Waals surface area contributed by atoms with Crippen molar-refractivity contribution in [3.8, 4) is 5.75 Å². The van der Waals surface area contributed by atoms with Crippen molar-refractivity contribution in [3.05, 3.63) is 28.8 Å². The van der Waals surface area contributed by atoms with Crippen molar-refractivity contribution in [3.63, 3.8) is 0 Å². The van der Waals surface area contributed by atoms with Crippen molar-refractivity contribution in [2.75, 3.05) is 52.3 Å². The van der Waals surface area contributed by atoms with Crippen LogP contribution in [0.5, 0.6) is 5.75 Å². The summed E-state index contributed by atoms with van der Waals surface area (Å²) in [6.07, 6.45) is 0. The number of halogens is 8. The summed E-state index contributed by atoms with van der Waals surface area (Å²) in [6.45, 7) is 9.91. The minimum Gasteiger partial charge on any atom is -0.462 e. The van der Waals surface area contributed by atoms with Gasteiger partial charge in [-0.1, -0.05) is 0 Å². The van der Waals surface area contributed by atoms with E-state index in [2.05, 4.69) is 29.0 Å². The second kappa shape index (κ2) is 17.1. The molecule has 0 amide bonds. The molecule has 0 aliphatic rings. The first-order chi connectivity index (χ1) is 19.5. The maximum absolute atomic E-state index is 12.5. The third-order valence-electron chi connectivity index (χ3n) is 4.92. The molecular weight excluding hydrogens is 616 g/mol. The molecule has 0 radical (unpaired) electrons. The Morgan fingerprint density at radius 3 is 1.91 bits per heavy atom. The van der Waals surface area contributed by atoms with Crippen molar-refractivity contribution in [1.29, 1.82) is 0 Å². The molecule has 0 aliphatic carbocycles. The molecule has 20 heteroatoms. The van der Waals surface area contributed by atoms with Gasteiger partial charge in [0.2, 0.25) is 0 Å². The van der Waals surface area contributed by atoms with Gasteiger partial charge in [0.05, 0.1) is 39.9 Å². The number of carbonyl (C=O) groups excluding carboxylic acids is 2. The number of aromatic nitrogens is 1. The molecule has 0 unspecified atom stereocenters. The summed E-state index contributed by atoms with van der Waals surface area (Å²) in [7, 11) is -4.41. The molecule has 0 spiro atoms. The molecule has 0 aliphatic heterocycles. The van der Waals surface area contributed by atoms with Crippen molar-refractivity contribution < 1.29 is 62.6 Å². The Hall–Kier alpha value is -3.28. The zero-order chi connectivity index (χ0) is 33.8. The first-order valence-electron chi connectivity index (χ1n) is 12.7. The van der Waals surface area contributed by atoms with Crippen LogP contribution in [0, 0.1) is 6.92 Å². The summed E-state index contributed by atoms with van der Waals surface area (Å²) in [6, 6.07) is 5.54. The third-order valence-corrected chi connectivity index (χ3v) is 6.12. The smallest absolute Gasteiger partial charge is 0.462 e. The normalized spacial score (nSPS) is 11.7. The highest BCUT2D eigenvalue weighted by Crippen LogP contribution is 2.34. The summed E-state index contributed by atoms with van der Waals surface area (Å²) in [4.78, 5) is 27.4. The van der Waals surface area contributed by atoms with Crippen LogP contribution in [0.4, 0.5) is 51.0 Å². The Bertz CT molecular complexity index is 1210. The van der Waals surface area contributed by atoms with Crippen LogP contribution < -0.4 is 14.2 Å². The number of benzene rings is 1. The van der Waals surface area contributed by atoms with Crippen LogP contribution in [-0.4, -0.2) is 78.3 Å². The van der Waals surface area contributed by atoms with Crippen LogP contribution in [0.15, 0.2) is 28.4 Å². The van der Waals surface area contributed by atoms with Crippen LogP contribution in [0.2, 0.25) is 0 Å². The second-order valence-electron chi connectivity index (χ2n) is 9.52. The number of quaternary nitrogens is 1. The van der Waals surface area contributed by atoms with Gasteiger partial charge in [0.15, 0.2) is 22.9 Å². The number of hydrogen-bond donors (Lipinski definition) is 0. The number of hydrogen-bond acceptors (Lipinski definition) is 8. The van der Waals surface area contributed by atoms with Gasteiger partial charge in [-0.25, -0.2) is 14.2 Å². The third kappa shape index (κ3) is 17.4. The average Bonchev–Trinajstić information content (AvgIpc) is 3.10. The molecule has 0 bridgehead atoms. The molecule has 1 heterocycles. The highest BCUT2D eigenvalue weighted by atomic mass is 32.1. The molecule has 2 aromatic rings. The van der Waals surface area contributed by atoms with Gasteiger partial charge >= 0.3 is 31.6 Å². The van der Waals surface area contributed by atoms with Crippen molar-refractivity contribution in [1.82, 2.24) is 0 Å². The maximum atomic E-state index is 12.5. The van der Waals surface area contributed by atoms with Crippen molar-refractivity contribution in [2.24, 2.45) is 17.3 Å². The number of carbonyl (C=O) groups is 2. The van der Waals surface area contributed by atoms with Gasteiger partial charge < -0.3 is 53.4 Å². The van der Waals surface area contributed by atoms with E-state index in [9.17, 15) is 44.1 Å². The number of azo groups is 1. The summed E-state index contributed by atoms with van der Waals surface area (Å²) >= 11 is 1.21. The summed E-state index contributed by atoms with van der Waals surface area (Å²) in [5.74, 6) is -0.378. The maximum Gasteiger partial charge on any atom is 0.673 e. The standard InChI is InChI=1S/C23H35N5O4S.2BF4/c1-9-27(10-2)17-12-13-18(19(14-17)32-20(29)15-28(6,7)8)24-25-23-26(5)16(4)21(33-23)22(30)31-11-3;2*2-1(3,4)5/h12-14H,9-11,15H2,1-8H3;;/q+2;2*-1. The van der Waals surface area contributed by atoms with Gasteiger partial charge in [0.1, 0.15) is 5.69 Å². The van der Waals surface area contributed by atoms with Gasteiger partial charge in [0, 0.05) is 24.8 Å². The average molecular weight is 651 g/mol. The lowest BCUT2D eigenvalue weighted by Crippen LogP contribution is -2.41. The highest BCUT2D eigenvalue weighted by Gasteiger charge is 2.26. The summed E-state index contributed by atoms with van der Waals surface area (Å²) in [5.41, 5.74) is 2.12. The van der Waals surface area contributed by atoms with E-state index in [4.69, 9.17) is 9.47 Å². The number of nitrogens with zero attached hydrogens (tertiary/aromatic N) is 5. The molecule has 0 N–H and O–H groups in total. The monoisotopic (exact) mass is 651 g/mol. The zero-order valence-electron chi connectivity index (χ0n) is 25.0. The molecule has 0 saturated carbocycles. The Balaban J connectivity index is 0.00000152. The zero-order valence-corrected chi connectivity index (χ0v) is 25.8. The van der Waals surface area contributed by atoms with Crippen LogP contribution in [-0.2, 0) is 16.6 Å². The lowest BCUT2D eigenvalue weighted by Gasteiger charge is -2.23. The minimum absolute atomic E-state index is 0.216. The van der Waals surface area contributed by atoms with Crippen molar-refractivity contribution in [2.45, 2.75) is 27.7 Å². The number of ether oxygens (including phenoxy) is 2. The molecular formula is C23H35B2F8N5O4S. The Kier molecular flexibility index (Phi) is 15.8. The molecule has 0 atom stereocenters. The molecule has 2 rings (SSSR count). The lowest BCUT2D eigenvalue weighted by atomic mass is 10.2. The van der Waals surface area contributed by atoms with Crippen LogP contribution >= 0.6 is 11.3 Å². The van der Waals surface area contributed by atoms with E-state index in [1.165, 1.54) is 11.3 Å². The van der Waals surface area contributed by atoms with E-state index in [-0.39, 0.29) is 18.5 Å². The van der Waals surface area contributed by atoms with Gasteiger partial charge in [-0.3, -0.25) is 0 Å². The second-order valence-corrected chi connectivity index (χ2v) is 10.5. The molecule has 1 aromatic heterocycles. The quantitative estimate of drug-likeness (QED) is 0.0555. The molecule has 0 saturated heterocycles. The fourth-order valence-corrected chi connectivity index (χ4v) is 4.06. The fourth-order valence-electron chi connectivity index (χ4n) is 3.09. The SMILES string of the molecule is CCOC(=O)c1sc(N=Nc2ccc(N(CC)CC)cc2OC(=O)C[N+](C)(C)C)[n+](C)c1C.F[B-](F)(F)F.F[B-](F)(F)F. The predicted molar refractivity (Wildman–Crippen MR) is 149 cm³/mol. The van der Waals surface area contributed by atoms with Crippen molar-refractivity contribution >= 4 is 54.3 Å². The van der Waals surface area contributed by atoms with Crippen LogP contribution in [0.3, 0.4) is 0 Å². The van der Waals surface area contributed by atoms with Gasteiger partial charge in [-0.15, -0.1) is 0 Å². The van der Waals surface area contributed by atoms with Gasteiger partial charge in [-0.2, -0.15) is 0 Å². The molecule has 0 fully saturated rings. The molecule has 1 aromatic carbocycles. The van der Waals surface area contributed by atoms with E-state index < -0.39 is 14.5 Å². The fraction of sp³-hybridized carbons (Fsp3) is 0.522.